The molecule has 0 aromatic heterocycles. The summed E-state index contributed by atoms with van der Waals surface area (Å²) >= 11 is 0. The van der Waals surface area contributed by atoms with Crippen molar-refractivity contribution >= 4 is 0 Å². The monoisotopic (exact) mass is 160 g/mol. The van der Waals surface area contributed by atoms with Crippen LogP contribution < -0.4 is 0 Å². The molecule has 0 amide bonds. The van der Waals surface area contributed by atoms with E-state index in [2.05, 4.69) is 44.8 Å². The Kier molecular flexibility index (Phi) is 8.13. The van der Waals surface area contributed by atoms with Gasteiger partial charge in [0.05, 0.1) is 0 Å². The van der Waals surface area contributed by atoms with Crippen molar-refractivity contribution in [3.8, 4) is 0 Å². The van der Waals surface area contributed by atoms with E-state index in [1.807, 2.05) is 0 Å². The normalized spacial score (nSPS) is 10.9. The lowest BCUT2D eigenvalue weighted by molar-refractivity contribution is 0.241. The molecule has 70 valence electrons. The molecule has 0 saturated carbocycles. The van der Waals surface area contributed by atoms with E-state index in [1.54, 1.807) is 0 Å². The molecule has 0 aromatic carbocycles. The van der Waals surface area contributed by atoms with E-state index >= 15 is 0 Å². The van der Waals surface area contributed by atoms with Gasteiger partial charge >= 0.3 is 0 Å². The van der Waals surface area contributed by atoms with Gasteiger partial charge in [-0.15, -0.1) is 0 Å². The highest BCUT2D eigenvalue weighted by molar-refractivity contribution is 4.57. The number of likely N-dealkylation sites (N-methyl/N-ethyl adjacent to an activating group) is 2. The lowest BCUT2D eigenvalue weighted by atomic mass is 10.3. The van der Waals surface area contributed by atoms with Crippen molar-refractivity contribution in [2.45, 2.75) is 27.3 Å². The second-order valence-electron chi connectivity index (χ2n) is 3.38. The van der Waals surface area contributed by atoms with Crippen LogP contribution >= 0.6 is 0 Å². The fraction of sp³-hybridized carbons (Fsp3) is 1.00. The molecule has 0 aliphatic rings. The molecule has 2 nitrogen and oxygen atoms in total. The minimum atomic E-state index is 0. The first-order valence-electron chi connectivity index (χ1n) is 3.89. The van der Waals surface area contributed by atoms with Crippen LogP contribution in [-0.4, -0.2) is 50.1 Å². The third-order valence-corrected chi connectivity index (χ3v) is 1.78. The lowest BCUT2D eigenvalue weighted by Crippen LogP contribution is -2.33. The van der Waals surface area contributed by atoms with Gasteiger partial charge in [0.1, 0.15) is 0 Å². The van der Waals surface area contributed by atoms with Gasteiger partial charge in [-0.2, -0.15) is 0 Å². The molecule has 2 heteroatoms. The quantitative estimate of drug-likeness (QED) is 0.615. The maximum atomic E-state index is 2.35. The predicted octanol–water partition coefficient (Wildman–Crippen LogP) is 1.52. The fourth-order valence-corrected chi connectivity index (χ4v) is 0.616. The molecule has 0 rings (SSSR count). The van der Waals surface area contributed by atoms with E-state index in [0.29, 0.717) is 6.04 Å². The zero-order chi connectivity index (χ0) is 8.15. The second-order valence-corrected chi connectivity index (χ2v) is 3.38. The number of rotatable bonds is 4. The van der Waals surface area contributed by atoms with E-state index in [0.717, 1.165) is 13.1 Å². The van der Waals surface area contributed by atoms with Crippen LogP contribution in [0.2, 0.25) is 0 Å². The van der Waals surface area contributed by atoms with Gasteiger partial charge in [0, 0.05) is 19.1 Å². The Balaban J connectivity index is 0. The number of hydrogen-bond donors (Lipinski definition) is 0. The summed E-state index contributed by atoms with van der Waals surface area (Å²) in [6.07, 6.45) is 0. The summed E-state index contributed by atoms with van der Waals surface area (Å²) in [5.41, 5.74) is 0. The molecule has 11 heavy (non-hydrogen) atoms. The Labute approximate surface area is 72.2 Å². The van der Waals surface area contributed by atoms with Crippen LogP contribution in [0.5, 0.6) is 0 Å². The van der Waals surface area contributed by atoms with Crippen molar-refractivity contribution in [3.05, 3.63) is 0 Å². The first-order chi connectivity index (χ1) is 4.54. The molecule has 0 bridgehead atoms. The summed E-state index contributed by atoms with van der Waals surface area (Å²) in [6, 6.07) is 0.667. The van der Waals surface area contributed by atoms with E-state index in [4.69, 9.17) is 0 Å². The summed E-state index contributed by atoms with van der Waals surface area (Å²) in [7, 11) is 6.37. The standard InChI is InChI=1S/C8H20N2.CH4/c1-8(2)10(5)7-6-9(3)4;/h8H,6-7H2,1-5H3;1H4. The first kappa shape index (κ1) is 13.5. The van der Waals surface area contributed by atoms with E-state index < -0.39 is 0 Å². The molecule has 0 atom stereocenters. The Morgan fingerprint density at radius 1 is 1.00 bits per heavy atom. The molecule has 0 aromatic rings. The smallest absolute Gasteiger partial charge is 0.0109 e. The van der Waals surface area contributed by atoms with Gasteiger partial charge in [-0.25, -0.2) is 0 Å². The van der Waals surface area contributed by atoms with E-state index in [1.165, 1.54) is 0 Å². The molecule has 0 aliphatic heterocycles. The highest BCUT2D eigenvalue weighted by Gasteiger charge is 2.01. The highest BCUT2D eigenvalue weighted by atomic mass is 15.2. The maximum Gasteiger partial charge on any atom is 0.0109 e. The van der Waals surface area contributed by atoms with Crippen LogP contribution in [0.1, 0.15) is 21.3 Å². The van der Waals surface area contributed by atoms with Crippen LogP contribution in [0.15, 0.2) is 0 Å². The van der Waals surface area contributed by atoms with Gasteiger partial charge in [-0.3, -0.25) is 0 Å². The minimum Gasteiger partial charge on any atom is -0.308 e. The zero-order valence-corrected chi connectivity index (χ0v) is 7.89. The van der Waals surface area contributed by atoms with Crippen molar-refractivity contribution in [2.75, 3.05) is 34.2 Å². The maximum absolute atomic E-state index is 2.35. The summed E-state index contributed by atoms with van der Waals surface area (Å²) in [5.74, 6) is 0. The molecule has 0 spiro atoms. The van der Waals surface area contributed by atoms with Crippen LogP contribution in [0, 0.1) is 0 Å². The predicted molar refractivity (Wildman–Crippen MR) is 53.1 cm³/mol. The van der Waals surface area contributed by atoms with Crippen LogP contribution in [-0.2, 0) is 0 Å². The summed E-state index contributed by atoms with van der Waals surface area (Å²) in [5, 5.41) is 0. The Bertz CT molecular complexity index is 79.6. The Morgan fingerprint density at radius 3 is 1.73 bits per heavy atom. The molecular formula is C9H24N2. The average Bonchev–Trinajstić information content (AvgIpc) is 1.82. The number of hydrogen-bond acceptors (Lipinski definition) is 2. The topological polar surface area (TPSA) is 6.48 Å². The van der Waals surface area contributed by atoms with Crippen molar-refractivity contribution in [1.29, 1.82) is 0 Å². The second kappa shape index (κ2) is 6.62. The molecule has 0 aliphatic carbocycles. The number of nitrogens with zero attached hydrogens (tertiary/aromatic N) is 2. The zero-order valence-electron chi connectivity index (χ0n) is 7.89. The molecule has 0 saturated heterocycles. The van der Waals surface area contributed by atoms with Gasteiger partial charge in [0.15, 0.2) is 0 Å². The van der Waals surface area contributed by atoms with E-state index in [9.17, 15) is 0 Å². The summed E-state index contributed by atoms with van der Waals surface area (Å²) in [6.45, 7) is 6.74. The SMILES string of the molecule is C.CC(C)N(C)CCN(C)C. The fourth-order valence-electron chi connectivity index (χ4n) is 0.616. The molecule has 0 radical (unpaired) electrons. The summed E-state index contributed by atoms with van der Waals surface area (Å²) < 4.78 is 0. The Hall–Kier alpha value is -0.0800. The lowest BCUT2D eigenvalue weighted by Gasteiger charge is -2.22. The highest BCUT2D eigenvalue weighted by Crippen LogP contribution is 1.91. The van der Waals surface area contributed by atoms with Crippen molar-refractivity contribution in [3.63, 3.8) is 0 Å². The first-order valence-corrected chi connectivity index (χ1v) is 3.89. The van der Waals surface area contributed by atoms with Gasteiger partial charge in [-0.1, -0.05) is 7.43 Å². The van der Waals surface area contributed by atoms with E-state index in [-0.39, 0.29) is 7.43 Å². The van der Waals surface area contributed by atoms with Crippen LogP contribution in [0.3, 0.4) is 0 Å². The molecule has 0 fully saturated rings. The summed E-state index contributed by atoms with van der Waals surface area (Å²) in [4.78, 5) is 4.55. The molecule has 0 unspecified atom stereocenters. The average molecular weight is 160 g/mol. The Morgan fingerprint density at radius 2 is 1.45 bits per heavy atom. The molecule has 0 N–H and O–H groups in total. The molecule has 0 heterocycles. The van der Waals surface area contributed by atoms with Crippen molar-refractivity contribution in [1.82, 2.24) is 9.80 Å². The van der Waals surface area contributed by atoms with Crippen LogP contribution in [0.25, 0.3) is 0 Å². The van der Waals surface area contributed by atoms with Crippen LogP contribution in [0.4, 0.5) is 0 Å². The largest absolute Gasteiger partial charge is 0.308 e. The van der Waals surface area contributed by atoms with Gasteiger partial charge in [0.2, 0.25) is 0 Å². The van der Waals surface area contributed by atoms with Gasteiger partial charge in [0.25, 0.3) is 0 Å². The third kappa shape index (κ3) is 7.82. The van der Waals surface area contributed by atoms with Crippen molar-refractivity contribution in [2.24, 2.45) is 0 Å². The van der Waals surface area contributed by atoms with Gasteiger partial charge < -0.3 is 9.80 Å². The van der Waals surface area contributed by atoms with Gasteiger partial charge in [-0.05, 0) is 35.0 Å². The minimum absolute atomic E-state index is 0. The van der Waals surface area contributed by atoms with Crippen molar-refractivity contribution < 1.29 is 0 Å². The third-order valence-electron chi connectivity index (χ3n) is 1.78. The molecular weight excluding hydrogens is 136 g/mol.